The molecular weight excluding hydrogens is 292 g/mol. The molecule has 0 aliphatic carbocycles. The number of rotatable bonds is 6. The molecule has 0 atom stereocenters. The van der Waals surface area contributed by atoms with Crippen molar-refractivity contribution >= 4 is 16.5 Å². The van der Waals surface area contributed by atoms with Crippen LogP contribution in [0, 0.1) is 0 Å². The van der Waals surface area contributed by atoms with Crippen molar-refractivity contribution in [1.82, 2.24) is 4.98 Å². The molecule has 0 fully saturated rings. The second-order valence-electron chi connectivity index (χ2n) is 4.93. The first kappa shape index (κ1) is 14.6. The van der Waals surface area contributed by atoms with E-state index in [2.05, 4.69) is 39.9 Å². The zero-order chi connectivity index (χ0) is 15.2. The van der Waals surface area contributed by atoms with Gasteiger partial charge in [-0.25, -0.2) is 4.98 Å². The fourth-order valence-electron chi connectivity index (χ4n) is 2.21. The van der Waals surface area contributed by atoms with Crippen LogP contribution in [0.3, 0.4) is 0 Å². The summed E-state index contributed by atoms with van der Waals surface area (Å²) in [7, 11) is 1.67. The van der Waals surface area contributed by atoms with Crippen LogP contribution in [0.4, 0.5) is 5.13 Å². The molecule has 1 N–H and O–H groups in total. The van der Waals surface area contributed by atoms with E-state index in [1.54, 1.807) is 18.4 Å². The third-order valence-electron chi connectivity index (χ3n) is 3.42. The molecule has 0 saturated heterocycles. The summed E-state index contributed by atoms with van der Waals surface area (Å²) < 4.78 is 5.18. The number of ether oxygens (including phenoxy) is 1. The number of nitrogens with one attached hydrogen (secondary N) is 1. The Bertz CT molecular complexity index is 707. The first-order valence-corrected chi connectivity index (χ1v) is 8.11. The highest BCUT2D eigenvalue weighted by molar-refractivity contribution is 7.14. The number of thiazole rings is 1. The van der Waals surface area contributed by atoms with Gasteiger partial charge in [0.2, 0.25) is 0 Å². The molecule has 112 valence electrons. The van der Waals surface area contributed by atoms with E-state index in [0.29, 0.717) is 0 Å². The lowest BCUT2D eigenvalue weighted by Gasteiger charge is -2.03. The summed E-state index contributed by atoms with van der Waals surface area (Å²) in [6, 6.07) is 18.4. The third-order valence-corrected chi connectivity index (χ3v) is 4.22. The summed E-state index contributed by atoms with van der Waals surface area (Å²) >= 11 is 1.64. The molecule has 1 aromatic heterocycles. The molecule has 0 amide bonds. The Balaban J connectivity index is 1.58. The fraction of sp³-hybridized carbons (Fsp3) is 0.167. The highest BCUT2D eigenvalue weighted by Crippen LogP contribution is 2.26. The van der Waals surface area contributed by atoms with E-state index < -0.39 is 0 Å². The lowest BCUT2D eigenvalue weighted by atomic mass is 10.1. The maximum Gasteiger partial charge on any atom is 0.183 e. The Morgan fingerprint density at radius 3 is 2.55 bits per heavy atom. The Morgan fingerprint density at radius 2 is 1.82 bits per heavy atom. The second kappa shape index (κ2) is 7.09. The Labute approximate surface area is 134 Å². The van der Waals surface area contributed by atoms with Crippen LogP contribution in [0.5, 0.6) is 5.75 Å². The minimum Gasteiger partial charge on any atom is -0.497 e. The Morgan fingerprint density at radius 1 is 1.05 bits per heavy atom. The van der Waals surface area contributed by atoms with E-state index >= 15 is 0 Å². The van der Waals surface area contributed by atoms with Crippen molar-refractivity contribution in [3.8, 4) is 17.0 Å². The van der Waals surface area contributed by atoms with Gasteiger partial charge in [0.25, 0.3) is 0 Å². The molecule has 0 spiro atoms. The molecule has 4 heteroatoms. The second-order valence-corrected chi connectivity index (χ2v) is 5.79. The van der Waals surface area contributed by atoms with Crippen LogP contribution in [-0.4, -0.2) is 18.6 Å². The van der Waals surface area contributed by atoms with Crippen molar-refractivity contribution in [2.45, 2.75) is 6.42 Å². The minimum atomic E-state index is 0.861. The summed E-state index contributed by atoms with van der Waals surface area (Å²) in [6.07, 6.45) is 0.998. The van der Waals surface area contributed by atoms with Gasteiger partial charge < -0.3 is 10.1 Å². The van der Waals surface area contributed by atoms with Gasteiger partial charge in [0.15, 0.2) is 5.13 Å². The van der Waals surface area contributed by atoms with Crippen LogP contribution in [0.25, 0.3) is 11.3 Å². The molecule has 0 aliphatic heterocycles. The summed E-state index contributed by atoms with van der Waals surface area (Å²) in [6.45, 7) is 0.888. The molecule has 3 nitrogen and oxygen atoms in total. The number of anilines is 1. The van der Waals surface area contributed by atoms with Gasteiger partial charge in [-0.3, -0.25) is 0 Å². The largest absolute Gasteiger partial charge is 0.497 e. The van der Waals surface area contributed by atoms with Gasteiger partial charge in [-0.2, -0.15) is 0 Å². The average molecular weight is 310 g/mol. The van der Waals surface area contributed by atoms with Crippen molar-refractivity contribution in [3.63, 3.8) is 0 Å². The number of nitrogens with zero attached hydrogens (tertiary/aromatic N) is 1. The highest BCUT2D eigenvalue weighted by atomic mass is 32.1. The van der Waals surface area contributed by atoms with Crippen molar-refractivity contribution < 1.29 is 4.74 Å². The number of benzene rings is 2. The van der Waals surface area contributed by atoms with E-state index in [-0.39, 0.29) is 0 Å². The Hall–Kier alpha value is -2.33. The van der Waals surface area contributed by atoms with Gasteiger partial charge in [-0.15, -0.1) is 11.3 Å². The molecule has 2 aromatic carbocycles. The van der Waals surface area contributed by atoms with E-state index in [0.717, 1.165) is 35.1 Å². The molecule has 22 heavy (non-hydrogen) atoms. The highest BCUT2D eigenvalue weighted by Gasteiger charge is 2.04. The van der Waals surface area contributed by atoms with Crippen molar-refractivity contribution in [2.24, 2.45) is 0 Å². The molecule has 1 heterocycles. The molecule has 0 bridgehead atoms. The van der Waals surface area contributed by atoms with Crippen LogP contribution in [0.1, 0.15) is 5.56 Å². The van der Waals surface area contributed by atoms with Crippen molar-refractivity contribution in [3.05, 3.63) is 65.5 Å². The molecular formula is C18H18N2OS. The average Bonchev–Trinajstić information content (AvgIpc) is 3.05. The van der Waals surface area contributed by atoms with Crippen LogP contribution in [0.2, 0.25) is 0 Å². The number of methoxy groups -OCH3 is 1. The van der Waals surface area contributed by atoms with Crippen molar-refractivity contribution in [2.75, 3.05) is 19.0 Å². The van der Waals surface area contributed by atoms with E-state index in [1.165, 1.54) is 5.56 Å². The van der Waals surface area contributed by atoms with Crippen LogP contribution in [-0.2, 0) is 6.42 Å². The maximum atomic E-state index is 5.18. The zero-order valence-corrected chi connectivity index (χ0v) is 13.3. The van der Waals surface area contributed by atoms with Gasteiger partial charge >= 0.3 is 0 Å². The van der Waals surface area contributed by atoms with Crippen LogP contribution in [0.15, 0.2) is 60.0 Å². The Kier molecular flexibility index (Phi) is 4.71. The molecule has 3 rings (SSSR count). The smallest absolute Gasteiger partial charge is 0.183 e. The normalized spacial score (nSPS) is 10.4. The monoisotopic (exact) mass is 310 g/mol. The topological polar surface area (TPSA) is 34.1 Å². The third kappa shape index (κ3) is 3.65. The van der Waals surface area contributed by atoms with Gasteiger partial charge in [-0.1, -0.05) is 30.3 Å². The van der Waals surface area contributed by atoms with Crippen molar-refractivity contribution in [1.29, 1.82) is 0 Å². The van der Waals surface area contributed by atoms with E-state index in [9.17, 15) is 0 Å². The molecule has 0 aliphatic rings. The van der Waals surface area contributed by atoms with Gasteiger partial charge in [0, 0.05) is 17.5 Å². The quantitative estimate of drug-likeness (QED) is 0.729. The summed E-state index contributed by atoms with van der Waals surface area (Å²) in [5.74, 6) is 0.861. The van der Waals surface area contributed by atoms with E-state index in [4.69, 9.17) is 4.74 Å². The lowest BCUT2D eigenvalue weighted by Crippen LogP contribution is -2.04. The first-order chi connectivity index (χ1) is 10.8. The molecule has 0 unspecified atom stereocenters. The molecule has 0 saturated carbocycles. The minimum absolute atomic E-state index is 0.861. The zero-order valence-electron chi connectivity index (χ0n) is 12.5. The van der Waals surface area contributed by atoms with Crippen LogP contribution >= 0.6 is 11.3 Å². The summed E-state index contributed by atoms with van der Waals surface area (Å²) in [4.78, 5) is 4.63. The first-order valence-electron chi connectivity index (χ1n) is 7.23. The predicted octanol–water partition coefficient (Wildman–Crippen LogP) is 4.47. The lowest BCUT2D eigenvalue weighted by molar-refractivity contribution is 0.415. The number of hydrogen-bond acceptors (Lipinski definition) is 4. The SMILES string of the molecule is COc1ccc(-c2csc(NCCc3ccccc3)n2)cc1. The predicted molar refractivity (Wildman–Crippen MR) is 92.7 cm³/mol. The summed E-state index contributed by atoms with van der Waals surface area (Å²) in [5, 5.41) is 6.42. The van der Waals surface area contributed by atoms with Crippen LogP contribution < -0.4 is 10.1 Å². The van der Waals surface area contributed by atoms with Gasteiger partial charge in [-0.05, 0) is 36.2 Å². The summed E-state index contributed by atoms with van der Waals surface area (Å²) in [5.41, 5.74) is 3.44. The number of hydrogen-bond donors (Lipinski definition) is 1. The van der Waals surface area contributed by atoms with E-state index in [1.807, 2.05) is 30.3 Å². The molecule has 0 radical (unpaired) electrons. The maximum absolute atomic E-state index is 5.18. The fourth-order valence-corrected chi connectivity index (χ4v) is 2.96. The van der Waals surface area contributed by atoms with Gasteiger partial charge in [0.1, 0.15) is 5.75 Å². The molecule has 3 aromatic rings. The van der Waals surface area contributed by atoms with Gasteiger partial charge in [0.05, 0.1) is 12.8 Å². The standard InChI is InChI=1S/C18H18N2OS/c1-21-16-9-7-15(8-10-16)17-13-22-18(20-17)19-12-11-14-5-3-2-4-6-14/h2-10,13H,11-12H2,1H3,(H,19,20). The number of aromatic nitrogens is 1.